The Kier molecular flexibility index (Phi) is 8.99. The predicted octanol–water partition coefficient (Wildman–Crippen LogP) is 7.45. The zero-order chi connectivity index (χ0) is 30.5. The third-order valence-electron chi connectivity index (χ3n) is 7.00. The van der Waals surface area contributed by atoms with Crippen LogP contribution >= 0.6 is 0 Å². The summed E-state index contributed by atoms with van der Waals surface area (Å²) < 4.78 is 32.5. The second-order valence-electron chi connectivity index (χ2n) is 10.6. The lowest BCUT2D eigenvalue weighted by atomic mass is 9.98. The molecule has 1 atom stereocenters. The Hall–Kier alpha value is -4.79. The van der Waals surface area contributed by atoms with E-state index in [9.17, 15) is 9.18 Å². The molecule has 5 aromatic rings. The van der Waals surface area contributed by atoms with Crippen LogP contribution in [0.2, 0.25) is 0 Å². The van der Waals surface area contributed by atoms with Crippen molar-refractivity contribution in [2.24, 2.45) is 0 Å². The zero-order valence-corrected chi connectivity index (χ0v) is 25.0. The van der Waals surface area contributed by atoms with E-state index in [0.29, 0.717) is 35.9 Å². The largest absolute Gasteiger partial charge is 0.491 e. The lowest BCUT2D eigenvalue weighted by Gasteiger charge is -2.18. The third kappa shape index (κ3) is 6.51. The molecule has 0 spiro atoms. The summed E-state index contributed by atoms with van der Waals surface area (Å²) in [6.07, 6.45) is 0.0223. The molecular weight excluding hydrogens is 547 g/mol. The average molecular weight is 583 g/mol. The summed E-state index contributed by atoms with van der Waals surface area (Å²) in [5.74, 6) is 1.68. The third-order valence-corrected chi connectivity index (χ3v) is 7.00. The number of methoxy groups -OCH3 is 1. The van der Waals surface area contributed by atoms with Gasteiger partial charge in [-0.05, 0) is 61.6 Å². The Morgan fingerprint density at radius 1 is 0.907 bits per heavy atom. The van der Waals surface area contributed by atoms with Crippen molar-refractivity contribution in [1.29, 1.82) is 0 Å². The lowest BCUT2D eigenvalue weighted by molar-refractivity contribution is 0.242. The molecule has 2 heterocycles. The first-order chi connectivity index (χ1) is 20.8. The highest BCUT2D eigenvalue weighted by Crippen LogP contribution is 2.32. The summed E-state index contributed by atoms with van der Waals surface area (Å²) in [6, 6.07) is 22.9. The van der Waals surface area contributed by atoms with E-state index >= 15 is 0 Å². The fourth-order valence-corrected chi connectivity index (χ4v) is 5.03. The quantitative estimate of drug-likeness (QED) is 0.160. The van der Waals surface area contributed by atoms with Gasteiger partial charge in [-0.25, -0.2) is 9.37 Å². The van der Waals surface area contributed by atoms with E-state index in [-0.39, 0.29) is 29.0 Å². The molecule has 0 radical (unpaired) electrons. The Morgan fingerprint density at radius 2 is 1.58 bits per heavy atom. The first-order valence-electron chi connectivity index (χ1n) is 14.4. The molecule has 1 unspecified atom stereocenters. The first kappa shape index (κ1) is 29.7. The molecule has 0 bridgehead atoms. The van der Waals surface area contributed by atoms with Gasteiger partial charge in [0.1, 0.15) is 17.7 Å². The maximum atomic E-state index is 14.9. The van der Waals surface area contributed by atoms with E-state index in [2.05, 4.69) is 10.1 Å². The van der Waals surface area contributed by atoms with Crippen molar-refractivity contribution >= 4 is 0 Å². The fourth-order valence-electron chi connectivity index (χ4n) is 5.03. The summed E-state index contributed by atoms with van der Waals surface area (Å²) in [5.41, 5.74) is 4.37. The molecule has 9 heteroatoms. The van der Waals surface area contributed by atoms with Gasteiger partial charge in [-0.15, -0.1) is 0 Å². The molecule has 0 aliphatic carbocycles. The monoisotopic (exact) mass is 582 g/mol. The number of hydrogen-bond acceptors (Lipinski definition) is 7. The molecule has 0 saturated carbocycles. The summed E-state index contributed by atoms with van der Waals surface area (Å²) >= 11 is 0. The number of ether oxygens (including phenoxy) is 2. The van der Waals surface area contributed by atoms with Crippen LogP contribution < -0.4 is 15.0 Å². The van der Waals surface area contributed by atoms with Gasteiger partial charge in [0, 0.05) is 12.0 Å². The minimum absolute atomic E-state index is 0.0156. The topological polar surface area (TPSA) is 92.3 Å². The van der Waals surface area contributed by atoms with E-state index in [0.717, 1.165) is 28.7 Å². The van der Waals surface area contributed by atoms with Crippen molar-refractivity contribution in [3.63, 3.8) is 0 Å². The molecule has 222 valence electrons. The molecule has 0 fully saturated rings. The van der Waals surface area contributed by atoms with Gasteiger partial charge in [-0.2, -0.15) is 4.98 Å². The number of nitrogens with zero attached hydrogens (tertiary/aromatic N) is 4. The van der Waals surface area contributed by atoms with Gasteiger partial charge in [0.2, 0.25) is 5.82 Å². The zero-order valence-electron chi connectivity index (χ0n) is 25.0. The van der Waals surface area contributed by atoms with Crippen LogP contribution in [0.4, 0.5) is 4.39 Å². The van der Waals surface area contributed by atoms with Crippen LogP contribution in [0, 0.1) is 0 Å². The number of hydrogen-bond donors (Lipinski definition) is 0. The van der Waals surface area contributed by atoms with Crippen LogP contribution in [0.3, 0.4) is 0 Å². The smallest absolute Gasteiger partial charge is 0.417 e. The fraction of sp³-hybridized carbons (Fsp3) is 0.294. The van der Waals surface area contributed by atoms with Gasteiger partial charge in [-0.1, -0.05) is 72.7 Å². The number of benzene rings is 3. The summed E-state index contributed by atoms with van der Waals surface area (Å²) in [7, 11) is 1.47. The van der Waals surface area contributed by atoms with Gasteiger partial charge in [-0.3, -0.25) is 13.9 Å². The van der Waals surface area contributed by atoms with E-state index in [4.69, 9.17) is 19.0 Å². The second kappa shape index (κ2) is 13.0. The first-order valence-corrected chi connectivity index (χ1v) is 14.4. The van der Waals surface area contributed by atoms with Crippen LogP contribution in [0.15, 0.2) is 82.1 Å². The summed E-state index contributed by atoms with van der Waals surface area (Å²) in [4.78, 5) is 23.1. The normalized spacial score (nSPS) is 12.0. The molecular formula is C34H35FN4O4. The van der Waals surface area contributed by atoms with Crippen LogP contribution in [0.5, 0.6) is 11.8 Å². The maximum Gasteiger partial charge on any atom is 0.417 e. The molecule has 43 heavy (non-hydrogen) atoms. The van der Waals surface area contributed by atoms with Crippen LogP contribution in [0.25, 0.3) is 33.6 Å². The van der Waals surface area contributed by atoms with Crippen molar-refractivity contribution < 1.29 is 18.4 Å². The second-order valence-corrected chi connectivity index (χ2v) is 10.6. The summed E-state index contributed by atoms with van der Waals surface area (Å²) in [5, 5.41) is 4.03. The number of rotatable bonds is 11. The van der Waals surface area contributed by atoms with Crippen molar-refractivity contribution in [3.8, 4) is 45.5 Å². The standard InChI is InChI=1S/C34H35FN4O4/c1-6-9-29-36-31(22(4)35)30(25-16-18-26(19-17-25)42-21(2)3)33(40)39(29)20-23-12-14-24(15-13-23)27-10-7-8-11-28(27)32-37-34(41-5)43-38-32/h7-8,10-19,21-22H,6,9,20H2,1-5H3. The molecule has 0 aliphatic heterocycles. The molecule has 8 nitrogen and oxygen atoms in total. The minimum Gasteiger partial charge on any atom is -0.491 e. The maximum absolute atomic E-state index is 14.9. The van der Waals surface area contributed by atoms with Gasteiger partial charge < -0.3 is 9.47 Å². The highest BCUT2D eigenvalue weighted by atomic mass is 19.1. The molecule has 0 N–H and O–H groups in total. The number of alkyl halides is 1. The van der Waals surface area contributed by atoms with Crippen molar-refractivity contribution in [2.45, 2.75) is 59.4 Å². The van der Waals surface area contributed by atoms with Crippen LogP contribution in [-0.2, 0) is 13.0 Å². The lowest BCUT2D eigenvalue weighted by Crippen LogP contribution is -2.29. The average Bonchev–Trinajstić information content (AvgIpc) is 3.49. The number of aryl methyl sites for hydroxylation is 1. The van der Waals surface area contributed by atoms with Gasteiger partial charge in [0.15, 0.2) is 0 Å². The molecule has 5 rings (SSSR count). The van der Waals surface area contributed by atoms with E-state index in [1.807, 2.05) is 69.3 Å². The van der Waals surface area contributed by atoms with Crippen molar-refractivity contribution in [1.82, 2.24) is 19.7 Å². The van der Waals surface area contributed by atoms with Crippen LogP contribution in [0.1, 0.15) is 57.4 Å². The Balaban J connectivity index is 1.51. The number of aromatic nitrogens is 4. The Labute approximate surface area is 250 Å². The van der Waals surface area contributed by atoms with E-state index < -0.39 is 6.17 Å². The van der Waals surface area contributed by atoms with Gasteiger partial charge in [0.25, 0.3) is 5.56 Å². The highest BCUT2D eigenvalue weighted by Gasteiger charge is 2.22. The minimum atomic E-state index is -1.40. The molecule has 2 aromatic heterocycles. The Morgan fingerprint density at radius 3 is 2.19 bits per heavy atom. The van der Waals surface area contributed by atoms with Gasteiger partial charge >= 0.3 is 6.08 Å². The summed E-state index contributed by atoms with van der Waals surface area (Å²) in [6.45, 7) is 7.63. The van der Waals surface area contributed by atoms with Crippen LogP contribution in [-0.4, -0.2) is 32.9 Å². The Bertz CT molecular complexity index is 1740. The van der Waals surface area contributed by atoms with Crippen molar-refractivity contribution in [3.05, 3.63) is 100 Å². The molecule has 0 amide bonds. The molecule has 0 saturated heterocycles. The van der Waals surface area contributed by atoms with E-state index in [1.165, 1.54) is 14.0 Å². The molecule has 3 aromatic carbocycles. The SMILES string of the molecule is CCCc1nc(C(C)F)c(-c2ccc(OC(C)C)cc2)c(=O)n1Cc1ccc(-c2ccccc2-c2noc(OC)n2)cc1. The van der Waals surface area contributed by atoms with Crippen molar-refractivity contribution in [2.75, 3.05) is 7.11 Å². The van der Waals surface area contributed by atoms with Gasteiger partial charge in [0.05, 0.1) is 31.0 Å². The number of halogens is 1. The van der Waals surface area contributed by atoms with E-state index in [1.54, 1.807) is 28.8 Å². The highest BCUT2D eigenvalue weighted by molar-refractivity contribution is 5.80. The predicted molar refractivity (Wildman–Crippen MR) is 164 cm³/mol. The molecule has 0 aliphatic rings.